The van der Waals surface area contributed by atoms with Crippen molar-refractivity contribution in [2.24, 2.45) is 0 Å². The largest absolute Gasteiger partial charge is 0.449 e. The van der Waals surface area contributed by atoms with E-state index >= 15 is 0 Å². The van der Waals surface area contributed by atoms with E-state index in [1.165, 1.54) is 36.4 Å². The molecule has 11 nitrogen and oxygen atoms in total. The Morgan fingerprint density at radius 1 is 0.976 bits per heavy atom. The van der Waals surface area contributed by atoms with Crippen molar-refractivity contribution in [3.05, 3.63) is 95.1 Å². The van der Waals surface area contributed by atoms with E-state index in [9.17, 15) is 18.0 Å². The van der Waals surface area contributed by atoms with Crippen LogP contribution in [-0.4, -0.2) is 46.6 Å². The normalized spacial score (nSPS) is 12.1. The topological polar surface area (TPSA) is 156 Å². The van der Waals surface area contributed by atoms with E-state index in [4.69, 9.17) is 16.3 Å². The maximum atomic E-state index is 12.9. The first-order chi connectivity index (χ1) is 20.1. The van der Waals surface area contributed by atoms with Crippen LogP contribution in [0.2, 0.25) is 5.15 Å². The van der Waals surface area contributed by atoms with Crippen molar-refractivity contribution >= 4 is 56.0 Å². The minimum absolute atomic E-state index is 0.00256. The van der Waals surface area contributed by atoms with Crippen LogP contribution in [-0.2, 0) is 19.6 Å². The van der Waals surface area contributed by atoms with E-state index in [0.29, 0.717) is 22.5 Å². The number of amides is 1. The van der Waals surface area contributed by atoms with Gasteiger partial charge in [-0.2, -0.15) is 0 Å². The maximum Gasteiger partial charge on any atom is 0.338 e. The third kappa shape index (κ3) is 6.56. The van der Waals surface area contributed by atoms with Crippen molar-refractivity contribution in [3.8, 4) is 11.4 Å². The number of aryl methyl sites for hydroxylation is 1. The smallest absolute Gasteiger partial charge is 0.338 e. The molecule has 3 aromatic carbocycles. The molecule has 1 unspecified atom stereocenters. The number of anilines is 2. The van der Waals surface area contributed by atoms with Gasteiger partial charge in [0, 0.05) is 11.3 Å². The number of ether oxygens (including phenoxy) is 1. The van der Waals surface area contributed by atoms with Gasteiger partial charge in [-0.05, 0) is 67.9 Å². The number of nitrogens with one attached hydrogen (secondary N) is 3. The van der Waals surface area contributed by atoms with Crippen LogP contribution in [0, 0.1) is 6.92 Å². The van der Waals surface area contributed by atoms with Crippen LogP contribution >= 0.6 is 11.6 Å². The molecule has 0 aliphatic carbocycles. The first-order valence-corrected chi connectivity index (χ1v) is 14.7. The van der Waals surface area contributed by atoms with Gasteiger partial charge in [-0.25, -0.2) is 18.2 Å². The molecular formula is C29H25ClN6O5S. The SMILES string of the molecule is CCC(OC(=O)c1ccc2nc(-c3ccc(C)cc3)[nH]c2c1)C(=O)Nc1ccc(S(=O)(=O)Nc2ccc(Cl)nn2)cc1. The summed E-state index contributed by atoms with van der Waals surface area (Å²) in [4.78, 5) is 33.6. The van der Waals surface area contributed by atoms with Crippen LogP contribution in [0.1, 0.15) is 29.3 Å². The lowest BCUT2D eigenvalue weighted by atomic mass is 10.1. The number of esters is 1. The quantitative estimate of drug-likeness (QED) is 0.190. The van der Waals surface area contributed by atoms with E-state index < -0.39 is 28.0 Å². The molecular weight excluding hydrogens is 580 g/mol. The number of rotatable bonds is 9. The highest BCUT2D eigenvalue weighted by Crippen LogP contribution is 2.23. The van der Waals surface area contributed by atoms with Crippen molar-refractivity contribution in [1.29, 1.82) is 0 Å². The van der Waals surface area contributed by atoms with Crippen molar-refractivity contribution in [3.63, 3.8) is 0 Å². The Labute approximate surface area is 246 Å². The fourth-order valence-electron chi connectivity index (χ4n) is 4.01. The van der Waals surface area contributed by atoms with Crippen LogP contribution in [0.5, 0.6) is 0 Å². The number of aromatic nitrogens is 4. The Morgan fingerprint density at radius 2 is 1.71 bits per heavy atom. The number of sulfonamides is 1. The third-order valence-electron chi connectivity index (χ3n) is 6.26. The van der Waals surface area contributed by atoms with E-state index in [-0.39, 0.29) is 27.9 Å². The van der Waals surface area contributed by atoms with Crippen molar-refractivity contribution in [2.75, 3.05) is 10.0 Å². The molecule has 0 spiro atoms. The molecule has 1 atom stereocenters. The van der Waals surface area contributed by atoms with Crippen LogP contribution < -0.4 is 10.0 Å². The number of imidazole rings is 1. The molecule has 13 heteroatoms. The summed E-state index contributed by atoms with van der Waals surface area (Å²) < 4.78 is 33.1. The lowest BCUT2D eigenvalue weighted by Crippen LogP contribution is -2.32. The first-order valence-electron chi connectivity index (χ1n) is 12.8. The summed E-state index contributed by atoms with van der Waals surface area (Å²) in [5, 5.41) is 10.1. The predicted molar refractivity (Wildman–Crippen MR) is 159 cm³/mol. The Morgan fingerprint density at radius 3 is 2.38 bits per heavy atom. The monoisotopic (exact) mass is 604 g/mol. The lowest BCUT2D eigenvalue weighted by molar-refractivity contribution is -0.124. The lowest BCUT2D eigenvalue weighted by Gasteiger charge is -2.16. The number of hydrogen-bond acceptors (Lipinski definition) is 8. The van der Waals surface area contributed by atoms with Gasteiger partial charge in [-0.3, -0.25) is 9.52 Å². The third-order valence-corrected chi connectivity index (χ3v) is 7.83. The summed E-state index contributed by atoms with van der Waals surface area (Å²) in [6.07, 6.45) is -0.855. The van der Waals surface area contributed by atoms with E-state index in [1.807, 2.05) is 31.2 Å². The number of aromatic amines is 1. The summed E-state index contributed by atoms with van der Waals surface area (Å²) in [6.45, 7) is 3.72. The van der Waals surface area contributed by atoms with E-state index in [1.54, 1.807) is 25.1 Å². The van der Waals surface area contributed by atoms with Crippen molar-refractivity contribution in [1.82, 2.24) is 20.2 Å². The highest BCUT2D eigenvalue weighted by atomic mass is 35.5. The van der Waals surface area contributed by atoms with Gasteiger partial charge in [0.05, 0.1) is 21.5 Å². The minimum atomic E-state index is -3.96. The summed E-state index contributed by atoms with van der Waals surface area (Å²) in [5.74, 6) is -0.541. The van der Waals surface area contributed by atoms with Crippen LogP contribution in [0.15, 0.2) is 83.8 Å². The average Bonchev–Trinajstić information content (AvgIpc) is 3.41. The second-order valence-corrected chi connectivity index (χ2v) is 11.4. The van der Waals surface area contributed by atoms with Gasteiger partial charge in [0.25, 0.3) is 15.9 Å². The number of fused-ring (bicyclic) bond motifs is 1. The molecule has 0 aliphatic heterocycles. The molecule has 0 fully saturated rings. The van der Waals surface area contributed by atoms with Gasteiger partial charge in [0.1, 0.15) is 5.82 Å². The Balaban J connectivity index is 1.23. The molecule has 2 aromatic heterocycles. The van der Waals surface area contributed by atoms with Gasteiger partial charge in [0.15, 0.2) is 17.1 Å². The standard InChI is InChI=1S/C29H25ClN6O5S/c1-3-24(28(37)31-20-9-11-21(12-10-20)42(39,40)36-26-15-14-25(30)34-35-26)41-29(38)19-8-13-22-23(16-19)33-27(32-22)18-6-4-17(2)5-7-18/h4-16,24H,3H2,1-2H3,(H,31,37)(H,32,33)(H,35,36). The summed E-state index contributed by atoms with van der Waals surface area (Å²) in [6, 6.07) is 21.1. The maximum absolute atomic E-state index is 12.9. The summed E-state index contributed by atoms with van der Waals surface area (Å²) in [7, 11) is -3.96. The molecule has 0 radical (unpaired) electrons. The van der Waals surface area contributed by atoms with Gasteiger partial charge in [-0.1, -0.05) is 48.4 Å². The highest BCUT2D eigenvalue weighted by Gasteiger charge is 2.23. The predicted octanol–water partition coefficient (Wildman–Crippen LogP) is 5.36. The van der Waals surface area contributed by atoms with E-state index in [2.05, 4.69) is 30.2 Å². The van der Waals surface area contributed by atoms with Crippen LogP contribution in [0.3, 0.4) is 0 Å². The number of nitrogens with zero attached hydrogens (tertiary/aromatic N) is 3. The average molecular weight is 605 g/mol. The molecule has 0 saturated heterocycles. The van der Waals surface area contributed by atoms with E-state index in [0.717, 1.165) is 11.1 Å². The molecule has 1 amide bonds. The van der Waals surface area contributed by atoms with Gasteiger partial charge >= 0.3 is 5.97 Å². The molecule has 0 bridgehead atoms. The second-order valence-electron chi connectivity index (χ2n) is 9.35. The Kier molecular flexibility index (Phi) is 8.18. The minimum Gasteiger partial charge on any atom is -0.449 e. The molecule has 5 rings (SSSR count). The number of halogens is 1. The van der Waals surface area contributed by atoms with Crippen molar-refractivity contribution < 1.29 is 22.7 Å². The molecule has 3 N–H and O–H groups in total. The zero-order valence-corrected chi connectivity index (χ0v) is 24.0. The van der Waals surface area contributed by atoms with Gasteiger partial charge < -0.3 is 15.0 Å². The molecule has 42 heavy (non-hydrogen) atoms. The van der Waals surface area contributed by atoms with Crippen LogP contribution in [0.4, 0.5) is 11.5 Å². The van der Waals surface area contributed by atoms with Gasteiger partial charge in [-0.15, -0.1) is 10.2 Å². The summed E-state index contributed by atoms with van der Waals surface area (Å²) >= 11 is 5.68. The highest BCUT2D eigenvalue weighted by molar-refractivity contribution is 7.92. The summed E-state index contributed by atoms with van der Waals surface area (Å²) in [5.41, 5.74) is 3.99. The molecule has 0 saturated carbocycles. The van der Waals surface area contributed by atoms with Crippen molar-refractivity contribution in [2.45, 2.75) is 31.3 Å². The van der Waals surface area contributed by atoms with Gasteiger partial charge in [0.2, 0.25) is 0 Å². The van der Waals surface area contributed by atoms with Crippen LogP contribution in [0.25, 0.3) is 22.4 Å². The fourth-order valence-corrected chi connectivity index (χ4v) is 5.11. The number of hydrogen-bond donors (Lipinski definition) is 3. The molecule has 2 heterocycles. The number of carbonyl (C=O) groups is 2. The Hall–Kier alpha value is -4.81. The fraction of sp³-hybridized carbons (Fsp3) is 0.138. The number of benzene rings is 3. The Bertz CT molecular complexity index is 1860. The molecule has 0 aliphatic rings. The second kappa shape index (κ2) is 12.0. The number of carbonyl (C=O) groups excluding carboxylic acids is 2. The number of H-pyrrole nitrogens is 1. The first kappa shape index (κ1) is 28.7. The zero-order chi connectivity index (χ0) is 29.9. The molecule has 214 valence electrons. The zero-order valence-electron chi connectivity index (χ0n) is 22.5. The molecule has 5 aromatic rings.